The third-order valence-electron chi connectivity index (χ3n) is 7.57. The van der Waals surface area contributed by atoms with Gasteiger partial charge in [0.25, 0.3) is 11.7 Å². The van der Waals surface area contributed by atoms with Crippen molar-refractivity contribution in [3.05, 3.63) is 94.7 Å². The monoisotopic (exact) mass is 670 g/mol. The van der Waals surface area contributed by atoms with Gasteiger partial charge in [0.1, 0.15) is 5.82 Å². The average molecular weight is 672 g/mol. The Morgan fingerprint density at radius 2 is 1.87 bits per heavy atom. The summed E-state index contributed by atoms with van der Waals surface area (Å²) < 4.78 is 34.4. The van der Waals surface area contributed by atoms with Crippen molar-refractivity contribution >= 4 is 62.8 Å². The number of hydrogen-bond donors (Lipinski definition) is 2. The van der Waals surface area contributed by atoms with Crippen LogP contribution in [0.25, 0.3) is 0 Å². The lowest BCUT2D eigenvalue weighted by Gasteiger charge is -2.43. The van der Waals surface area contributed by atoms with Gasteiger partial charge in [-0.3, -0.25) is 14.6 Å². The largest absolute Gasteiger partial charge is 0.462 e. The first-order chi connectivity index (χ1) is 21.6. The molecule has 45 heavy (non-hydrogen) atoms. The van der Waals surface area contributed by atoms with Crippen LogP contribution in [0, 0.1) is 5.92 Å². The van der Waals surface area contributed by atoms with Crippen molar-refractivity contribution in [2.45, 2.75) is 30.4 Å². The molecular formula is C31H32Cl2N6O5S. The molecule has 1 aromatic heterocycles. The van der Waals surface area contributed by atoms with E-state index in [1.165, 1.54) is 23.1 Å². The summed E-state index contributed by atoms with van der Waals surface area (Å²) >= 11 is 12.6. The van der Waals surface area contributed by atoms with Crippen LogP contribution in [0.4, 0.5) is 11.5 Å². The zero-order valence-corrected chi connectivity index (χ0v) is 26.7. The number of allylic oxidation sites excluding steroid dienone is 1. The molecule has 0 bridgehead atoms. The Morgan fingerprint density at radius 3 is 2.49 bits per heavy atom. The number of amides is 1. The van der Waals surface area contributed by atoms with Crippen LogP contribution in [0.15, 0.2) is 89.0 Å². The number of likely N-dealkylation sites (tertiary alicyclic amines) is 1. The Bertz CT molecular complexity index is 1700. The molecular weight excluding hydrogens is 639 g/mol. The zero-order chi connectivity index (χ0) is 32.0. The predicted molar refractivity (Wildman–Crippen MR) is 173 cm³/mol. The molecule has 1 atom stereocenters. The molecule has 2 aliphatic rings. The molecule has 2 aliphatic heterocycles. The van der Waals surface area contributed by atoms with E-state index in [0.29, 0.717) is 42.5 Å². The van der Waals surface area contributed by atoms with E-state index in [-0.39, 0.29) is 34.6 Å². The van der Waals surface area contributed by atoms with Gasteiger partial charge in [0, 0.05) is 43.3 Å². The molecule has 3 heterocycles. The van der Waals surface area contributed by atoms with E-state index in [9.17, 15) is 18.0 Å². The van der Waals surface area contributed by atoms with Gasteiger partial charge >= 0.3 is 5.97 Å². The number of nitrogens with zero attached hydrogens (tertiary/aromatic N) is 4. The van der Waals surface area contributed by atoms with Crippen LogP contribution in [-0.2, 0) is 19.6 Å². The van der Waals surface area contributed by atoms with Crippen LogP contribution in [-0.4, -0.2) is 68.4 Å². The molecule has 1 saturated heterocycles. The Hall–Kier alpha value is -3.81. The van der Waals surface area contributed by atoms with Crippen molar-refractivity contribution in [2.75, 3.05) is 31.1 Å². The Balaban J connectivity index is 1.26. The maximum absolute atomic E-state index is 13.7. The summed E-state index contributed by atoms with van der Waals surface area (Å²) in [6, 6.07) is 15.9. The second-order valence-electron chi connectivity index (χ2n) is 10.4. The molecule has 1 amide bonds. The lowest BCUT2D eigenvalue weighted by molar-refractivity contribution is -0.160. The number of esters is 1. The molecule has 14 heteroatoms. The average Bonchev–Trinajstić information content (AvgIpc) is 3.06. The number of carbonyl (C=O) groups is 2. The zero-order valence-electron chi connectivity index (χ0n) is 24.4. The van der Waals surface area contributed by atoms with Gasteiger partial charge in [-0.15, -0.1) is 0 Å². The number of pyridine rings is 1. The predicted octanol–water partition coefficient (Wildman–Crippen LogP) is 4.76. The Kier molecular flexibility index (Phi) is 10.2. The molecule has 2 aromatic carbocycles. The van der Waals surface area contributed by atoms with Crippen molar-refractivity contribution < 1.29 is 22.7 Å². The fourth-order valence-electron chi connectivity index (χ4n) is 5.20. The number of rotatable bonds is 10. The fourth-order valence-corrected chi connectivity index (χ4v) is 6.79. The van der Waals surface area contributed by atoms with Crippen molar-refractivity contribution in [1.82, 2.24) is 19.9 Å². The molecule has 236 valence electrons. The normalized spacial score (nSPS) is 18.7. The van der Waals surface area contributed by atoms with Crippen molar-refractivity contribution in [2.24, 2.45) is 10.9 Å². The van der Waals surface area contributed by atoms with E-state index in [2.05, 4.69) is 20.0 Å². The number of aliphatic imine (C=N–C) groups is 1. The first-order valence-corrected chi connectivity index (χ1v) is 16.6. The van der Waals surface area contributed by atoms with E-state index < -0.39 is 27.7 Å². The summed E-state index contributed by atoms with van der Waals surface area (Å²) in [5.41, 5.74) is 0.618. The highest BCUT2D eigenvalue weighted by atomic mass is 35.5. The van der Waals surface area contributed by atoms with Crippen molar-refractivity contribution in [1.29, 1.82) is 0 Å². The maximum Gasteiger partial charge on any atom is 0.371 e. The molecule has 2 N–H and O–H groups in total. The van der Waals surface area contributed by atoms with Gasteiger partial charge in [-0.1, -0.05) is 29.3 Å². The van der Waals surface area contributed by atoms with Crippen LogP contribution in [0.1, 0.15) is 30.1 Å². The van der Waals surface area contributed by atoms with E-state index >= 15 is 0 Å². The SMILES string of the molecule is CCOC(=O)C1(N2CCC(CNS(=O)(=O)c3ccc(C(=O)N(c4ccc(Cl)cc4)c4ccccn4)c(Cl)c3)CC2)N=CC=CN1. The van der Waals surface area contributed by atoms with Gasteiger partial charge < -0.3 is 10.1 Å². The molecule has 0 spiro atoms. The van der Waals surface area contributed by atoms with Gasteiger partial charge in [-0.2, -0.15) is 0 Å². The molecule has 3 aromatic rings. The lowest BCUT2D eigenvalue weighted by atomic mass is 9.96. The Morgan fingerprint density at radius 1 is 1.11 bits per heavy atom. The fraction of sp³-hybridized carbons (Fsp3) is 0.290. The molecule has 5 rings (SSSR count). The van der Waals surface area contributed by atoms with Gasteiger partial charge in [0.2, 0.25) is 10.0 Å². The number of hydrogen-bond acceptors (Lipinski definition) is 9. The summed E-state index contributed by atoms with van der Waals surface area (Å²) in [7, 11) is -3.94. The summed E-state index contributed by atoms with van der Waals surface area (Å²) in [5, 5.41) is 3.52. The second kappa shape index (κ2) is 14.1. The molecule has 1 unspecified atom stereocenters. The molecule has 0 aliphatic carbocycles. The number of nitrogens with one attached hydrogen (secondary N) is 2. The van der Waals surface area contributed by atoms with E-state index in [1.807, 2.05) is 4.90 Å². The summed E-state index contributed by atoms with van der Waals surface area (Å²) in [6.45, 7) is 3.17. The number of ether oxygens (including phenoxy) is 1. The number of carbonyl (C=O) groups excluding carboxylic acids is 2. The third-order valence-corrected chi connectivity index (χ3v) is 9.56. The number of aromatic nitrogens is 1. The molecule has 11 nitrogen and oxygen atoms in total. The number of halogens is 2. The van der Waals surface area contributed by atoms with Gasteiger partial charge in [0.15, 0.2) is 0 Å². The molecule has 1 fully saturated rings. The minimum atomic E-state index is -3.94. The first kappa shape index (κ1) is 32.6. The smallest absolute Gasteiger partial charge is 0.371 e. The van der Waals surface area contributed by atoms with Crippen LogP contribution >= 0.6 is 23.2 Å². The summed E-state index contributed by atoms with van der Waals surface area (Å²) in [4.78, 5) is 38.5. The van der Waals surface area contributed by atoms with Crippen LogP contribution in [0.3, 0.4) is 0 Å². The van der Waals surface area contributed by atoms with Crippen molar-refractivity contribution in [3.8, 4) is 0 Å². The number of piperidine rings is 1. The highest BCUT2D eigenvalue weighted by Crippen LogP contribution is 2.31. The first-order valence-electron chi connectivity index (χ1n) is 14.3. The van der Waals surface area contributed by atoms with Gasteiger partial charge in [-0.25, -0.2) is 27.9 Å². The molecule has 0 saturated carbocycles. The molecule has 0 radical (unpaired) electrons. The highest BCUT2D eigenvalue weighted by molar-refractivity contribution is 7.89. The minimum Gasteiger partial charge on any atom is -0.462 e. The minimum absolute atomic E-state index is 0.0232. The Labute approximate surface area is 271 Å². The van der Waals surface area contributed by atoms with E-state index in [4.69, 9.17) is 27.9 Å². The maximum atomic E-state index is 13.7. The standard InChI is InChI=1S/C31H32Cl2N6O5S/c1-2-44-30(41)31(35-16-5-17-36-31)38-18-13-22(14-19-38)21-37-45(42,43)25-11-12-26(27(33)20-25)29(40)39(28-6-3-4-15-34-28)24-9-7-23(32)8-10-24/h3-12,15-17,20,22,35,37H,2,13-14,18-19,21H2,1H3. The topological polar surface area (TPSA) is 133 Å². The van der Waals surface area contributed by atoms with Gasteiger partial charge in [-0.05, 0) is 86.4 Å². The summed E-state index contributed by atoms with van der Waals surface area (Å²) in [5.74, 6) is -1.91. The lowest BCUT2D eigenvalue weighted by Crippen LogP contribution is -2.64. The third kappa shape index (κ3) is 7.21. The van der Waals surface area contributed by atoms with Crippen molar-refractivity contribution in [3.63, 3.8) is 0 Å². The van der Waals surface area contributed by atoms with Crippen LogP contribution in [0.2, 0.25) is 10.0 Å². The number of anilines is 2. The number of sulfonamides is 1. The quantitative estimate of drug-likeness (QED) is 0.295. The van der Waals surface area contributed by atoms with Crippen LogP contribution < -0.4 is 14.9 Å². The van der Waals surface area contributed by atoms with E-state index in [0.717, 1.165) is 0 Å². The number of benzene rings is 2. The highest BCUT2D eigenvalue weighted by Gasteiger charge is 2.46. The van der Waals surface area contributed by atoms with E-state index in [1.54, 1.807) is 74.1 Å². The summed E-state index contributed by atoms with van der Waals surface area (Å²) in [6.07, 6.45) is 7.74. The van der Waals surface area contributed by atoms with Gasteiger partial charge in [0.05, 0.1) is 27.8 Å². The second-order valence-corrected chi connectivity index (χ2v) is 13.0. The van der Waals surface area contributed by atoms with Crippen LogP contribution in [0.5, 0.6) is 0 Å².